The molecule has 0 saturated heterocycles. The standard InChI is InChI=1S/C12H16ClN3/c1-7(2)16-12(13)10-6-4-5-9(8(3)14)11(10)15-16/h4-8H,14H2,1-3H3. The summed E-state index contributed by atoms with van der Waals surface area (Å²) in [6.07, 6.45) is 0. The van der Waals surface area contributed by atoms with Crippen LogP contribution in [0.25, 0.3) is 10.9 Å². The highest BCUT2D eigenvalue weighted by molar-refractivity contribution is 6.34. The minimum atomic E-state index is -0.0321. The summed E-state index contributed by atoms with van der Waals surface area (Å²) in [5, 5.41) is 6.20. The first-order chi connectivity index (χ1) is 7.52. The lowest BCUT2D eigenvalue weighted by molar-refractivity contribution is 0.538. The van der Waals surface area contributed by atoms with Gasteiger partial charge in [0.05, 0.1) is 5.52 Å². The fourth-order valence-corrected chi connectivity index (χ4v) is 2.21. The van der Waals surface area contributed by atoms with Gasteiger partial charge in [-0.3, -0.25) is 4.68 Å². The van der Waals surface area contributed by atoms with E-state index in [2.05, 4.69) is 18.9 Å². The fraction of sp³-hybridized carbons (Fsp3) is 0.417. The lowest BCUT2D eigenvalue weighted by Gasteiger charge is -2.06. The van der Waals surface area contributed by atoms with Gasteiger partial charge in [-0.2, -0.15) is 5.10 Å². The summed E-state index contributed by atoms with van der Waals surface area (Å²) in [4.78, 5) is 0. The van der Waals surface area contributed by atoms with Crippen LogP contribution in [0.3, 0.4) is 0 Å². The number of hydrogen-bond donors (Lipinski definition) is 1. The molecule has 4 heteroatoms. The molecule has 2 rings (SSSR count). The van der Waals surface area contributed by atoms with Gasteiger partial charge in [-0.05, 0) is 32.4 Å². The molecule has 0 spiro atoms. The monoisotopic (exact) mass is 237 g/mol. The Labute approximate surface area is 100 Å². The lowest BCUT2D eigenvalue weighted by Crippen LogP contribution is -2.06. The molecular formula is C12H16ClN3. The van der Waals surface area contributed by atoms with E-state index in [-0.39, 0.29) is 12.1 Å². The van der Waals surface area contributed by atoms with Crippen LogP contribution in [0.2, 0.25) is 5.15 Å². The highest BCUT2D eigenvalue weighted by Crippen LogP contribution is 2.29. The van der Waals surface area contributed by atoms with Crippen LogP contribution >= 0.6 is 11.6 Å². The van der Waals surface area contributed by atoms with E-state index in [4.69, 9.17) is 17.3 Å². The van der Waals surface area contributed by atoms with E-state index >= 15 is 0 Å². The quantitative estimate of drug-likeness (QED) is 0.871. The van der Waals surface area contributed by atoms with Crippen molar-refractivity contribution in [2.24, 2.45) is 5.73 Å². The van der Waals surface area contributed by atoms with Crippen molar-refractivity contribution in [3.63, 3.8) is 0 Å². The molecule has 1 atom stereocenters. The van der Waals surface area contributed by atoms with Gasteiger partial charge in [0, 0.05) is 17.5 Å². The zero-order valence-corrected chi connectivity index (χ0v) is 10.5. The third-order valence-corrected chi connectivity index (χ3v) is 3.05. The second-order valence-corrected chi connectivity index (χ2v) is 4.72. The smallest absolute Gasteiger partial charge is 0.135 e. The maximum Gasteiger partial charge on any atom is 0.135 e. The predicted molar refractivity (Wildman–Crippen MR) is 67.7 cm³/mol. The number of rotatable bonds is 2. The van der Waals surface area contributed by atoms with Gasteiger partial charge >= 0.3 is 0 Å². The van der Waals surface area contributed by atoms with Crippen molar-refractivity contribution >= 4 is 22.5 Å². The van der Waals surface area contributed by atoms with E-state index in [1.807, 2.05) is 29.8 Å². The van der Waals surface area contributed by atoms with E-state index < -0.39 is 0 Å². The Hall–Kier alpha value is -1.06. The average Bonchev–Trinajstić information content (AvgIpc) is 2.56. The molecule has 0 bridgehead atoms. The van der Waals surface area contributed by atoms with Gasteiger partial charge in [-0.25, -0.2) is 0 Å². The summed E-state index contributed by atoms with van der Waals surface area (Å²) in [5.74, 6) is 0. The number of nitrogens with zero attached hydrogens (tertiary/aromatic N) is 2. The molecule has 3 nitrogen and oxygen atoms in total. The first-order valence-electron chi connectivity index (χ1n) is 5.44. The SMILES string of the molecule is CC(N)c1cccc2c(Cl)n(C(C)C)nc12. The third-order valence-electron chi connectivity index (χ3n) is 2.68. The molecule has 0 saturated carbocycles. The molecule has 0 aliphatic carbocycles. The van der Waals surface area contributed by atoms with Crippen LogP contribution in [0.4, 0.5) is 0 Å². The first-order valence-corrected chi connectivity index (χ1v) is 5.82. The molecule has 1 aromatic heterocycles. The summed E-state index contributed by atoms with van der Waals surface area (Å²) in [5.41, 5.74) is 7.88. The Balaban J connectivity index is 2.75. The van der Waals surface area contributed by atoms with Gasteiger partial charge in [0.2, 0.25) is 0 Å². The second-order valence-electron chi connectivity index (χ2n) is 4.36. The zero-order valence-electron chi connectivity index (χ0n) is 9.74. The Kier molecular flexibility index (Phi) is 2.91. The molecule has 1 heterocycles. The van der Waals surface area contributed by atoms with Crippen LogP contribution in [0.5, 0.6) is 0 Å². The van der Waals surface area contributed by atoms with Crippen molar-refractivity contribution in [1.82, 2.24) is 9.78 Å². The molecular weight excluding hydrogens is 222 g/mol. The Morgan fingerprint density at radius 3 is 2.56 bits per heavy atom. The molecule has 0 radical (unpaired) electrons. The summed E-state index contributed by atoms with van der Waals surface area (Å²) in [6, 6.07) is 6.17. The van der Waals surface area contributed by atoms with E-state index in [0.717, 1.165) is 16.5 Å². The van der Waals surface area contributed by atoms with Crippen molar-refractivity contribution in [2.45, 2.75) is 32.9 Å². The molecule has 0 aliphatic rings. The van der Waals surface area contributed by atoms with Gasteiger partial charge in [0.25, 0.3) is 0 Å². The topological polar surface area (TPSA) is 43.8 Å². The molecule has 86 valence electrons. The molecule has 1 unspecified atom stereocenters. The van der Waals surface area contributed by atoms with E-state index in [0.29, 0.717) is 5.15 Å². The molecule has 2 aromatic rings. The van der Waals surface area contributed by atoms with Crippen LogP contribution in [-0.4, -0.2) is 9.78 Å². The van der Waals surface area contributed by atoms with Crippen molar-refractivity contribution in [3.8, 4) is 0 Å². The molecule has 0 fully saturated rings. The van der Waals surface area contributed by atoms with Gasteiger partial charge in [0.15, 0.2) is 0 Å². The van der Waals surface area contributed by atoms with Gasteiger partial charge in [-0.15, -0.1) is 0 Å². The van der Waals surface area contributed by atoms with Crippen molar-refractivity contribution in [1.29, 1.82) is 0 Å². The molecule has 1 aromatic carbocycles. The second kappa shape index (κ2) is 4.07. The third kappa shape index (κ3) is 1.70. The van der Waals surface area contributed by atoms with Gasteiger partial charge in [-0.1, -0.05) is 23.7 Å². The number of aromatic nitrogens is 2. The predicted octanol–water partition coefficient (Wildman–Crippen LogP) is 3.29. The van der Waals surface area contributed by atoms with Gasteiger partial charge in [0.1, 0.15) is 5.15 Å². The lowest BCUT2D eigenvalue weighted by atomic mass is 10.1. The number of hydrogen-bond acceptors (Lipinski definition) is 2. The van der Waals surface area contributed by atoms with E-state index in [9.17, 15) is 0 Å². The Bertz CT molecular complexity index is 514. The van der Waals surface area contributed by atoms with Crippen LogP contribution in [0, 0.1) is 0 Å². The molecule has 2 N–H and O–H groups in total. The largest absolute Gasteiger partial charge is 0.324 e. The molecule has 16 heavy (non-hydrogen) atoms. The van der Waals surface area contributed by atoms with Crippen molar-refractivity contribution in [2.75, 3.05) is 0 Å². The zero-order chi connectivity index (χ0) is 11.9. The highest BCUT2D eigenvalue weighted by Gasteiger charge is 2.15. The minimum absolute atomic E-state index is 0.0321. The molecule has 0 amide bonds. The van der Waals surface area contributed by atoms with Crippen LogP contribution in [-0.2, 0) is 0 Å². The van der Waals surface area contributed by atoms with Crippen molar-refractivity contribution < 1.29 is 0 Å². The highest BCUT2D eigenvalue weighted by atomic mass is 35.5. The average molecular weight is 238 g/mol. The van der Waals surface area contributed by atoms with Crippen molar-refractivity contribution in [3.05, 3.63) is 28.9 Å². The normalized spacial score (nSPS) is 13.6. The molecule has 0 aliphatic heterocycles. The van der Waals surface area contributed by atoms with Crippen LogP contribution in [0.15, 0.2) is 18.2 Å². The van der Waals surface area contributed by atoms with E-state index in [1.165, 1.54) is 0 Å². The van der Waals surface area contributed by atoms with E-state index in [1.54, 1.807) is 0 Å². The summed E-state index contributed by atoms with van der Waals surface area (Å²) in [6.45, 7) is 6.07. The Morgan fingerprint density at radius 1 is 1.31 bits per heavy atom. The summed E-state index contributed by atoms with van der Waals surface area (Å²) < 4.78 is 1.83. The number of benzene rings is 1. The maximum absolute atomic E-state index is 6.29. The number of halogens is 1. The summed E-state index contributed by atoms with van der Waals surface area (Å²) in [7, 11) is 0. The Morgan fingerprint density at radius 2 is 2.00 bits per heavy atom. The number of fused-ring (bicyclic) bond motifs is 1. The minimum Gasteiger partial charge on any atom is -0.324 e. The maximum atomic E-state index is 6.29. The van der Waals surface area contributed by atoms with Crippen LogP contribution in [0.1, 0.15) is 38.4 Å². The van der Waals surface area contributed by atoms with Gasteiger partial charge < -0.3 is 5.73 Å². The fourth-order valence-electron chi connectivity index (χ4n) is 1.82. The summed E-state index contributed by atoms with van der Waals surface area (Å²) >= 11 is 6.29. The first kappa shape index (κ1) is 11.4. The van der Waals surface area contributed by atoms with Crippen LogP contribution < -0.4 is 5.73 Å². The number of nitrogens with two attached hydrogens (primary N) is 1.